The van der Waals surface area contributed by atoms with Gasteiger partial charge in [-0.2, -0.15) is 0 Å². The van der Waals surface area contributed by atoms with Crippen molar-refractivity contribution in [1.82, 2.24) is 0 Å². The van der Waals surface area contributed by atoms with Crippen LogP contribution in [0.3, 0.4) is 0 Å². The lowest BCUT2D eigenvalue weighted by molar-refractivity contribution is 0.444. The number of fused-ring (bicyclic) bond motifs is 10. The molecule has 0 radical (unpaired) electrons. The zero-order chi connectivity index (χ0) is 135. The Morgan fingerprint density at radius 2 is 0.562 bits per heavy atom. The predicted octanol–water partition coefficient (Wildman–Crippen LogP) is 38.3. The molecular weight excluding hydrogens is 1300 g/mol. The summed E-state index contributed by atoms with van der Waals surface area (Å²) in [5.74, 6) is 2.55. The maximum Gasteiger partial charge on any atom is 0.137 e. The maximum absolute atomic E-state index is 6.63. The van der Waals surface area contributed by atoms with Gasteiger partial charge in [-0.3, -0.25) is 0 Å². The summed E-state index contributed by atoms with van der Waals surface area (Å²) in [6, 6.07) is 81.7. The molecule has 554 valence electrons. The van der Waals surface area contributed by atoms with Crippen molar-refractivity contribution in [3.8, 4) is 0 Å². The first-order valence-corrected chi connectivity index (χ1v) is 37.9. The number of anilines is 6. The summed E-state index contributed by atoms with van der Waals surface area (Å²) in [5, 5.41) is 14.8. The molecule has 0 unspecified atom stereocenters. The Balaban J connectivity index is -0.0000000938. The summed E-state index contributed by atoms with van der Waals surface area (Å²) >= 11 is 7.95. The van der Waals surface area contributed by atoms with Gasteiger partial charge in [0.05, 0.1) is 11.4 Å². The van der Waals surface area contributed by atoms with Crippen molar-refractivity contribution >= 4 is 153 Å². The molecule has 0 atom stereocenters. The van der Waals surface area contributed by atoms with E-state index in [0.29, 0.717) is 11.8 Å². The fraction of sp³-hybridized carbons (Fsp3) is 0.289. The number of halogens is 2. The lowest BCUT2D eigenvalue weighted by Gasteiger charge is -2.34. The van der Waals surface area contributed by atoms with Crippen LogP contribution in [-0.2, 0) is 0 Å². The van der Waals surface area contributed by atoms with Crippen LogP contribution in [0.5, 0.6) is 0 Å². The van der Waals surface area contributed by atoms with Crippen LogP contribution in [0.4, 0.5) is 34.1 Å². The van der Waals surface area contributed by atoms with E-state index in [1.54, 1.807) is 0 Å². The average Bonchev–Trinajstić information content (AvgIpc) is 1.66. The topological polar surface area (TPSA) is 32.8 Å². The summed E-state index contributed by atoms with van der Waals surface area (Å²) in [6.45, 7) is 4.00. The van der Waals surface area contributed by atoms with Crippen LogP contribution in [0.25, 0.3) is 87.0 Å². The van der Waals surface area contributed by atoms with Crippen LogP contribution < -0.4 is 9.80 Å². The number of hydrogen-bond donors (Lipinski definition) is 0. The predicted molar refractivity (Wildman–Crippen MR) is 493 cm³/mol. The first-order chi connectivity index (χ1) is 82.5. The van der Waals surface area contributed by atoms with Gasteiger partial charge in [0.25, 0.3) is 0 Å². The highest BCUT2D eigenvalue weighted by atomic mass is 79.9. The van der Waals surface area contributed by atoms with Crippen molar-refractivity contribution < 1.29 is 114 Å². The summed E-state index contributed by atoms with van der Waals surface area (Å²) < 4.78 is 366. The minimum atomic E-state index is 0. The van der Waals surface area contributed by atoms with Gasteiger partial charge in [0.2, 0.25) is 0 Å². The molecule has 2 heterocycles. The molecule has 4 aliphatic rings. The fourth-order valence-electron chi connectivity index (χ4n) is 17.3. The molecule has 4 nitrogen and oxygen atoms in total. The quantitative estimate of drug-likeness (QED) is 0.101. The van der Waals surface area contributed by atoms with Crippen molar-refractivity contribution in [1.29, 1.82) is 0 Å². The molecule has 4 aliphatic carbocycles. The van der Waals surface area contributed by atoms with Gasteiger partial charge in [0, 0.05) is 192 Å². The van der Waals surface area contributed by atoms with Crippen LogP contribution in [0, 0.1) is 0 Å². The van der Waals surface area contributed by atoms with Crippen molar-refractivity contribution in [2.24, 2.45) is 0 Å². The third kappa shape index (κ3) is 11.9. The molecule has 0 amide bonds. The summed E-state index contributed by atoms with van der Waals surface area (Å²) in [6.07, 6.45) is 26.4. The SMILES string of the molecule is Brc1c2ccc(C3CCCCC3)cc2c(Br)c2ccc(C3CCCCC3)cc12.CC.[2HH].[2H][2H].[2H][2H].[2H][2H].[2H][2H].[2H][2H].[2H][2H].[2H][2H].[2H][2H].[2H][2H].[2H][2H].[2H][2H].[2H][2H].[2H][2H].[2H][2H].[2H][2H].[2H][2H].[2H][2H].[2H][2H].[2H][2H].[2H][2H].[2H][2H].[2H][2H].[2H][2H].[2H][2H].[2H][2H].[2H][2H].[2H][2H].[2H][2H].[2H][2H].[2H][2H].[2H][2H].[2H][2H].[2H][2H].[2H][2H].[2H][2H].c1ccc(N(c2ccc3c(c2)oc2ccccc23)c2c3ccc(C4CCCCC4)cc3c(N(c3ccccc3)c3ccc4c(c3)oc3ccccc34)c3ccc(C4CCCCC4)cc23)cc1. The number of furan rings is 2. The van der Waals surface area contributed by atoms with E-state index >= 15 is 0 Å². The number of nitrogens with zero attached hydrogens (tertiary/aromatic N) is 2. The Morgan fingerprint density at radius 1 is 0.271 bits per heavy atom. The summed E-state index contributed by atoms with van der Waals surface area (Å²) in [5.41, 5.74) is 16.2. The van der Waals surface area contributed by atoms with Gasteiger partial charge < -0.3 is 18.6 Å². The molecule has 2 aromatic heterocycles. The number of benzene rings is 12. The lowest BCUT2D eigenvalue weighted by Crippen LogP contribution is -2.15. The van der Waals surface area contributed by atoms with Gasteiger partial charge in [-0.15, -0.1) is 0 Å². The number of para-hydroxylation sites is 4. The van der Waals surface area contributed by atoms with Crippen LogP contribution >= 0.6 is 31.9 Å². The second kappa shape index (κ2) is 27.8. The van der Waals surface area contributed by atoms with E-state index in [-0.39, 0.29) is 1.43 Å². The van der Waals surface area contributed by atoms with Crippen LogP contribution in [0.1, 0.15) is 294 Å². The fourth-order valence-corrected chi connectivity index (χ4v) is 18.6. The molecule has 6 heteroatoms. The minimum Gasteiger partial charge on any atom is -0.456 e. The molecular formula is C90H158Br2N2O2. The molecule has 12 aromatic carbocycles. The Kier molecular flexibility index (Phi) is 10.1. The minimum absolute atomic E-state index is 0. The lowest BCUT2D eigenvalue weighted by atomic mass is 9.81. The van der Waals surface area contributed by atoms with E-state index in [1.165, 1.54) is 214 Å². The van der Waals surface area contributed by atoms with Gasteiger partial charge in [0.1, 0.15) is 22.3 Å². The highest BCUT2D eigenvalue weighted by Gasteiger charge is 2.30. The van der Waals surface area contributed by atoms with Crippen molar-refractivity contribution in [2.45, 2.75) is 166 Å². The first kappa shape index (κ1) is 34.9. The zero-order valence-electron chi connectivity index (χ0n) is 126. The van der Waals surface area contributed by atoms with E-state index in [9.17, 15) is 0 Å². The first-order valence-electron chi connectivity index (χ1n) is 71.4. The van der Waals surface area contributed by atoms with Gasteiger partial charge in [0.15, 0.2) is 0 Å². The second-order valence-electron chi connectivity index (χ2n) is 27.8. The Morgan fingerprint density at radius 3 is 0.917 bits per heavy atom. The smallest absolute Gasteiger partial charge is 0.137 e. The van der Waals surface area contributed by atoms with Crippen LogP contribution in [0.15, 0.2) is 236 Å². The van der Waals surface area contributed by atoms with E-state index in [4.69, 9.17) is 113 Å². The van der Waals surface area contributed by atoms with E-state index in [2.05, 4.69) is 260 Å². The average molecular weight is 1530 g/mol. The van der Waals surface area contributed by atoms with Gasteiger partial charge in [-0.05, 0) is 236 Å². The van der Waals surface area contributed by atoms with Crippen LogP contribution in [-0.4, -0.2) is 0 Å². The summed E-state index contributed by atoms with van der Waals surface area (Å²) in [4.78, 5) is 5.03. The highest BCUT2D eigenvalue weighted by Crippen LogP contribution is 2.54. The molecule has 18 rings (SSSR count). The van der Waals surface area contributed by atoms with Crippen molar-refractivity contribution in [2.75, 3.05) is 9.80 Å². The monoisotopic (exact) mass is 1530 g/mol. The third-order valence-electron chi connectivity index (χ3n) is 22.2. The third-order valence-corrected chi connectivity index (χ3v) is 23.9. The van der Waals surface area contributed by atoms with Gasteiger partial charge >= 0.3 is 0 Å². The molecule has 0 aliphatic heterocycles. The largest absolute Gasteiger partial charge is 0.456 e. The second-order valence-corrected chi connectivity index (χ2v) is 29.4. The van der Waals surface area contributed by atoms with E-state index < -0.39 is 0 Å². The molecule has 0 saturated heterocycles. The van der Waals surface area contributed by atoms with Crippen molar-refractivity contribution in [3.63, 3.8) is 0 Å². The number of hydrogen-bond acceptors (Lipinski definition) is 4. The van der Waals surface area contributed by atoms with Gasteiger partial charge in [-0.1, -0.05) is 212 Å². The highest BCUT2D eigenvalue weighted by molar-refractivity contribution is 9.11. The van der Waals surface area contributed by atoms with Crippen molar-refractivity contribution in [3.05, 3.63) is 250 Å². The molecule has 14 aromatic rings. The molecule has 0 bridgehead atoms. The molecule has 4 saturated carbocycles. The Labute approximate surface area is 692 Å². The molecule has 4 fully saturated rings. The zero-order valence-corrected chi connectivity index (χ0v) is 58.9. The van der Waals surface area contributed by atoms with Crippen LogP contribution in [0.2, 0.25) is 0 Å². The van der Waals surface area contributed by atoms with E-state index in [1.807, 2.05) is 13.8 Å². The summed E-state index contributed by atoms with van der Waals surface area (Å²) in [7, 11) is 0. The molecule has 0 spiro atoms. The maximum atomic E-state index is 6.63. The molecule has 0 N–H and O–H groups in total. The molecule has 96 heavy (non-hydrogen) atoms. The van der Waals surface area contributed by atoms with E-state index in [0.717, 1.165) is 78.5 Å². The standard InChI is InChI=1S/C62H52N2O2.C26H28Br2.C2H6.36H2/c1-5-17-41(18-6-1)43-29-33-53-55(37-43)61(63(45-21-9-3-10-22-45)47-31-35-51-49-25-13-15-27-57(49)65-59(51)39-47)54-34-30-44(42-19-7-2-8-20-42)38-56(54)62(53)64(46-23-11-4-12-24-46)48-32-36-52-50-26-14-16-28-58(50)66-60(52)40-48;27-25-22-14-12-20(18-9-5-2-6-10-18)16-24(22)26(28)21-13-11-19(15-23(21)25)17-7-3-1-4-8-17;1-2;;;;;;;;;;;;;;;;;;;;;;;;;;;;;;;;;;;;/h3-4,9-16,21-42H,1-2,5-8,17-20H2;11-18H,1-10H2;1-2H3;36*1H/i;;;35*1+1D;1+1. The Bertz CT molecular complexity index is 4960. The Hall–Kier alpha value is -8.16. The number of rotatable bonds is 10. The van der Waals surface area contributed by atoms with Gasteiger partial charge in [-0.25, -0.2) is 0 Å². The normalized spacial score (nSPS) is 19.1.